The Bertz CT molecular complexity index is 1270. The van der Waals surface area contributed by atoms with Gasteiger partial charge in [-0.1, -0.05) is 42.5 Å². The Morgan fingerprint density at radius 2 is 1.91 bits per heavy atom. The second-order valence-corrected chi connectivity index (χ2v) is 7.17. The molecule has 4 aromatic rings. The van der Waals surface area contributed by atoms with Crippen LogP contribution in [0, 0.1) is 6.92 Å². The summed E-state index contributed by atoms with van der Waals surface area (Å²) >= 11 is 0. The van der Waals surface area contributed by atoms with Gasteiger partial charge in [-0.15, -0.1) is 0 Å². The Balaban J connectivity index is 1.77. The van der Waals surface area contributed by atoms with Crippen LogP contribution in [0.25, 0.3) is 17.3 Å². The first-order chi connectivity index (χ1) is 15.5. The minimum Gasteiger partial charge on any atom is -0.508 e. The molecule has 3 N–H and O–H groups in total. The zero-order valence-corrected chi connectivity index (χ0v) is 17.3. The highest BCUT2D eigenvalue weighted by Gasteiger charge is 2.16. The van der Waals surface area contributed by atoms with Crippen LogP contribution >= 0.6 is 0 Å². The molecular weight excluding hydrogens is 406 g/mol. The molecule has 0 bridgehead atoms. The van der Waals surface area contributed by atoms with E-state index in [-0.39, 0.29) is 11.4 Å². The van der Waals surface area contributed by atoms with Crippen LogP contribution in [0.3, 0.4) is 0 Å². The quantitative estimate of drug-likeness (QED) is 0.361. The van der Waals surface area contributed by atoms with Gasteiger partial charge in [-0.3, -0.25) is 0 Å². The van der Waals surface area contributed by atoms with Crippen molar-refractivity contribution in [3.8, 4) is 17.0 Å². The van der Waals surface area contributed by atoms with Crippen LogP contribution in [0.1, 0.15) is 22.6 Å². The maximum atomic E-state index is 11.8. The predicted octanol–water partition coefficient (Wildman–Crippen LogP) is 4.88. The maximum absolute atomic E-state index is 11.8. The van der Waals surface area contributed by atoms with Gasteiger partial charge < -0.3 is 19.9 Å². The number of carboxylic acids is 1. The smallest absolute Gasteiger partial charge is 0.352 e. The van der Waals surface area contributed by atoms with E-state index in [0.29, 0.717) is 35.0 Å². The highest BCUT2D eigenvalue weighted by Crippen LogP contribution is 2.29. The molecule has 7 nitrogen and oxygen atoms in total. The van der Waals surface area contributed by atoms with Gasteiger partial charge >= 0.3 is 5.97 Å². The Hall–Kier alpha value is -4.39. The average Bonchev–Trinajstić information content (AvgIpc) is 3.30. The molecule has 0 spiro atoms. The lowest BCUT2D eigenvalue weighted by atomic mass is 10.0. The number of carbonyl (C=O) groups is 1. The highest BCUT2D eigenvalue weighted by molar-refractivity contribution is 5.95. The van der Waals surface area contributed by atoms with Gasteiger partial charge in [0.2, 0.25) is 0 Å². The molecule has 32 heavy (non-hydrogen) atoms. The molecule has 0 saturated heterocycles. The number of hydrogen-bond donors (Lipinski definition) is 3. The first-order valence-corrected chi connectivity index (χ1v) is 9.95. The number of nitrogens with one attached hydrogen (secondary N) is 1. The largest absolute Gasteiger partial charge is 0.508 e. The average molecular weight is 427 g/mol. The number of aromatic nitrogens is 2. The van der Waals surface area contributed by atoms with Crippen molar-refractivity contribution in [1.29, 1.82) is 0 Å². The zero-order chi connectivity index (χ0) is 22.5. The Kier molecular flexibility index (Phi) is 5.98. The molecule has 0 fully saturated rings. The molecule has 0 radical (unpaired) electrons. The van der Waals surface area contributed by atoms with E-state index in [4.69, 9.17) is 9.40 Å². The molecule has 0 atom stereocenters. The summed E-state index contributed by atoms with van der Waals surface area (Å²) in [6, 6.07) is 18.3. The number of benzene rings is 2. The number of anilines is 1. The van der Waals surface area contributed by atoms with Crippen LogP contribution in [0.4, 0.5) is 5.82 Å². The van der Waals surface area contributed by atoms with Crippen LogP contribution < -0.4 is 5.32 Å². The van der Waals surface area contributed by atoms with Gasteiger partial charge in [0.15, 0.2) is 5.82 Å². The summed E-state index contributed by atoms with van der Waals surface area (Å²) in [6.45, 7) is 1.81. The lowest BCUT2D eigenvalue weighted by Gasteiger charge is -2.14. The number of aliphatic carboxylic acids is 1. The zero-order valence-electron chi connectivity index (χ0n) is 17.3. The Morgan fingerprint density at radius 1 is 1.09 bits per heavy atom. The molecule has 7 heteroatoms. The molecule has 4 rings (SSSR count). The summed E-state index contributed by atoms with van der Waals surface area (Å²) < 4.78 is 5.24. The van der Waals surface area contributed by atoms with E-state index in [1.54, 1.807) is 30.5 Å². The van der Waals surface area contributed by atoms with Crippen LogP contribution in [0.2, 0.25) is 0 Å². The molecule has 0 aliphatic rings. The van der Waals surface area contributed by atoms with Crippen molar-refractivity contribution < 1.29 is 19.4 Å². The van der Waals surface area contributed by atoms with Crippen molar-refractivity contribution in [2.75, 3.05) is 5.32 Å². The van der Waals surface area contributed by atoms with Crippen molar-refractivity contribution in [2.24, 2.45) is 0 Å². The topological polar surface area (TPSA) is 108 Å². The number of rotatable bonds is 7. The molecule has 0 amide bonds. The molecule has 2 heterocycles. The number of furan rings is 1. The lowest BCUT2D eigenvalue weighted by Crippen LogP contribution is -2.14. The number of carboxylic acid groups (broad SMARTS) is 1. The summed E-state index contributed by atoms with van der Waals surface area (Å²) in [5.74, 6) is -0.248. The normalized spacial score (nSPS) is 11.3. The third-order valence-corrected chi connectivity index (χ3v) is 4.95. The summed E-state index contributed by atoms with van der Waals surface area (Å²) in [6.07, 6.45) is 4.86. The number of phenolic OH excluding ortho intramolecular Hbond substituents is 1. The van der Waals surface area contributed by atoms with Crippen LogP contribution in [0.5, 0.6) is 5.75 Å². The highest BCUT2D eigenvalue weighted by atomic mass is 16.4. The van der Waals surface area contributed by atoms with Gasteiger partial charge in [-0.2, -0.15) is 0 Å². The molecular formula is C25H21N3O4. The molecule has 2 aromatic heterocycles. The third kappa shape index (κ3) is 4.67. The van der Waals surface area contributed by atoms with Gasteiger partial charge in [0.25, 0.3) is 0 Å². The van der Waals surface area contributed by atoms with Crippen LogP contribution in [-0.2, 0) is 11.2 Å². The van der Waals surface area contributed by atoms with Gasteiger partial charge in [0, 0.05) is 23.6 Å². The molecule has 0 aliphatic heterocycles. The van der Waals surface area contributed by atoms with E-state index in [1.807, 2.05) is 43.3 Å². The number of hydrogen-bond acceptors (Lipinski definition) is 6. The number of aromatic hydroxyl groups is 1. The fraction of sp³-hybridized carbons (Fsp3) is 0.0800. The second-order valence-electron chi connectivity index (χ2n) is 7.17. The van der Waals surface area contributed by atoms with E-state index in [9.17, 15) is 15.0 Å². The van der Waals surface area contributed by atoms with Crippen molar-refractivity contribution >= 4 is 17.9 Å². The predicted molar refractivity (Wildman–Crippen MR) is 121 cm³/mol. The minimum atomic E-state index is -1.15. The Labute approximate surface area is 184 Å². The number of phenols is 1. The first-order valence-electron chi connectivity index (χ1n) is 9.95. The summed E-state index contributed by atoms with van der Waals surface area (Å²) in [5, 5.41) is 22.6. The fourth-order valence-corrected chi connectivity index (χ4v) is 3.27. The van der Waals surface area contributed by atoms with Crippen molar-refractivity contribution in [1.82, 2.24) is 9.97 Å². The van der Waals surface area contributed by atoms with E-state index in [2.05, 4.69) is 10.3 Å². The molecule has 0 saturated carbocycles. The monoisotopic (exact) mass is 427 g/mol. The molecule has 0 unspecified atom stereocenters. The molecule has 0 aliphatic carbocycles. The van der Waals surface area contributed by atoms with E-state index < -0.39 is 5.97 Å². The number of nitrogens with zero attached hydrogens (tertiary/aromatic N) is 2. The standard InChI is InChI=1S/C25H21N3O4/c1-16-19(10-5-11-23(16)29)22-15-26-24(20(27-22)13-17-7-3-2-4-8-17)28-21(25(30)31)14-18-9-6-12-32-18/h2-12,14-15,29H,13H2,1H3,(H,26,28)(H,30,31)/b21-14-. The van der Waals surface area contributed by atoms with Gasteiger partial charge in [-0.25, -0.2) is 14.8 Å². The van der Waals surface area contributed by atoms with Crippen molar-refractivity contribution in [3.63, 3.8) is 0 Å². The van der Waals surface area contributed by atoms with E-state index in [1.165, 1.54) is 12.3 Å². The molecule has 2 aromatic carbocycles. The van der Waals surface area contributed by atoms with Crippen LogP contribution in [0.15, 0.2) is 83.2 Å². The van der Waals surface area contributed by atoms with Crippen molar-refractivity contribution in [3.05, 3.63) is 101 Å². The third-order valence-electron chi connectivity index (χ3n) is 4.95. The molecule has 160 valence electrons. The van der Waals surface area contributed by atoms with Crippen molar-refractivity contribution in [2.45, 2.75) is 13.3 Å². The summed E-state index contributed by atoms with van der Waals surface area (Å²) in [7, 11) is 0. The SMILES string of the molecule is Cc1c(O)cccc1-c1cnc(N/C(=C\c2ccco2)C(=O)O)c(Cc2ccccc2)n1. The van der Waals surface area contributed by atoms with Gasteiger partial charge in [0.1, 0.15) is 17.2 Å². The lowest BCUT2D eigenvalue weighted by molar-refractivity contribution is -0.132. The maximum Gasteiger partial charge on any atom is 0.352 e. The van der Waals surface area contributed by atoms with E-state index in [0.717, 1.165) is 11.1 Å². The Morgan fingerprint density at radius 3 is 2.62 bits per heavy atom. The summed E-state index contributed by atoms with van der Waals surface area (Å²) in [4.78, 5) is 21.1. The van der Waals surface area contributed by atoms with Gasteiger partial charge in [0.05, 0.1) is 23.8 Å². The fourth-order valence-electron chi connectivity index (χ4n) is 3.27. The van der Waals surface area contributed by atoms with Gasteiger partial charge in [-0.05, 0) is 30.7 Å². The summed E-state index contributed by atoms with van der Waals surface area (Å²) in [5.41, 5.74) is 3.51. The second kappa shape index (κ2) is 9.18. The first kappa shape index (κ1) is 20.9. The van der Waals surface area contributed by atoms with Crippen LogP contribution in [-0.4, -0.2) is 26.2 Å². The van der Waals surface area contributed by atoms with E-state index >= 15 is 0 Å². The minimum absolute atomic E-state index is 0.0927.